The topological polar surface area (TPSA) is 13.1 Å². The van der Waals surface area contributed by atoms with Crippen LogP contribution in [-0.4, -0.2) is 9.13 Å². The molecule has 0 unspecified atom stereocenters. The quantitative estimate of drug-likeness (QED) is 0.177. The van der Waals surface area contributed by atoms with Crippen molar-refractivity contribution in [3.63, 3.8) is 0 Å². The summed E-state index contributed by atoms with van der Waals surface area (Å²) in [7, 11) is 0. The molecule has 53 heavy (non-hydrogen) atoms. The Balaban J connectivity index is 1.03. The molecular weight excluding hydrogens is 643 g/mol. The van der Waals surface area contributed by atoms with Crippen LogP contribution >= 0.6 is 0 Å². The largest absolute Gasteiger partial charge is 0.311 e. The van der Waals surface area contributed by atoms with Crippen LogP contribution in [0.1, 0.15) is 0 Å². The van der Waals surface area contributed by atoms with Crippen molar-refractivity contribution < 1.29 is 0 Å². The van der Waals surface area contributed by atoms with Gasteiger partial charge in [0.25, 0.3) is 0 Å². The molecule has 0 fully saturated rings. The smallest absolute Gasteiger partial charge is 0.0547 e. The van der Waals surface area contributed by atoms with E-state index in [0.29, 0.717) is 0 Å². The van der Waals surface area contributed by atoms with E-state index in [0.717, 1.165) is 28.4 Å². The maximum absolute atomic E-state index is 2.40. The molecule has 2 heterocycles. The second-order valence-electron chi connectivity index (χ2n) is 13.8. The maximum atomic E-state index is 2.40. The zero-order chi connectivity index (χ0) is 34.9. The minimum absolute atomic E-state index is 1.10. The molecule has 3 heteroatoms. The minimum Gasteiger partial charge on any atom is -0.311 e. The van der Waals surface area contributed by atoms with Gasteiger partial charge in [-0.1, -0.05) is 115 Å². The van der Waals surface area contributed by atoms with Crippen molar-refractivity contribution in [1.29, 1.82) is 0 Å². The lowest BCUT2D eigenvalue weighted by Crippen LogP contribution is -2.10. The Bertz CT molecular complexity index is 2950. The van der Waals surface area contributed by atoms with Crippen LogP contribution in [0, 0.1) is 0 Å². The molecule has 0 spiro atoms. The predicted molar refractivity (Wildman–Crippen MR) is 225 cm³/mol. The second kappa shape index (κ2) is 11.7. The Kier molecular flexibility index (Phi) is 6.55. The maximum Gasteiger partial charge on any atom is 0.0547 e. The van der Waals surface area contributed by atoms with Gasteiger partial charge in [-0.2, -0.15) is 0 Å². The van der Waals surface area contributed by atoms with Gasteiger partial charge in [0.1, 0.15) is 0 Å². The molecule has 2 aromatic heterocycles. The number of rotatable bonds is 5. The van der Waals surface area contributed by atoms with Gasteiger partial charge in [0.15, 0.2) is 0 Å². The summed E-state index contributed by atoms with van der Waals surface area (Å²) in [6.45, 7) is 0. The van der Waals surface area contributed by atoms with Crippen LogP contribution in [0.15, 0.2) is 200 Å². The van der Waals surface area contributed by atoms with Crippen LogP contribution in [0.3, 0.4) is 0 Å². The van der Waals surface area contributed by atoms with E-state index in [2.05, 4.69) is 214 Å². The zero-order valence-corrected chi connectivity index (χ0v) is 28.9. The van der Waals surface area contributed by atoms with Crippen LogP contribution in [0.5, 0.6) is 0 Å². The summed E-state index contributed by atoms with van der Waals surface area (Å²) >= 11 is 0. The van der Waals surface area contributed by atoms with Gasteiger partial charge in [-0.25, -0.2) is 0 Å². The molecule has 0 bridgehead atoms. The Morgan fingerprint density at radius 1 is 0.264 bits per heavy atom. The number of aromatic nitrogens is 2. The van der Waals surface area contributed by atoms with Gasteiger partial charge in [-0.05, 0) is 106 Å². The fourth-order valence-electron chi connectivity index (χ4n) is 8.56. The number of benzene rings is 9. The lowest BCUT2D eigenvalue weighted by atomic mass is 10.0. The zero-order valence-electron chi connectivity index (χ0n) is 28.9. The molecule has 11 rings (SSSR count). The normalized spacial score (nSPS) is 11.8. The van der Waals surface area contributed by atoms with E-state index >= 15 is 0 Å². The molecule has 0 amide bonds. The van der Waals surface area contributed by atoms with Crippen LogP contribution in [0.25, 0.3) is 76.5 Å². The van der Waals surface area contributed by atoms with E-state index in [9.17, 15) is 0 Å². The Morgan fingerprint density at radius 3 is 1.11 bits per heavy atom. The van der Waals surface area contributed by atoms with Crippen LogP contribution in [0.4, 0.5) is 17.1 Å². The highest BCUT2D eigenvalue weighted by Crippen LogP contribution is 2.41. The van der Waals surface area contributed by atoms with Gasteiger partial charge >= 0.3 is 0 Å². The summed E-state index contributed by atoms with van der Waals surface area (Å²) in [5, 5.41) is 10.2. The number of fused-ring (bicyclic) bond motifs is 10. The first kappa shape index (κ1) is 29.6. The van der Waals surface area contributed by atoms with Gasteiger partial charge in [0, 0.05) is 50.0 Å². The van der Waals surface area contributed by atoms with Crippen LogP contribution in [-0.2, 0) is 0 Å². The van der Waals surface area contributed by atoms with Crippen molar-refractivity contribution in [2.45, 2.75) is 0 Å². The lowest BCUT2D eigenvalue weighted by Gasteiger charge is -2.26. The molecule has 11 aromatic rings. The third-order valence-electron chi connectivity index (χ3n) is 10.9. The highest BCUT2D eigenvalue weighted by Gasteiger charge is 2.18. The molecule has 0 aliphatic rings. The Hall–Kier alpha value is -7.10. The van der Waals surface area contributed by atoms with Crippen molar-refractivity contribution >= 4 is 82.2 Å². The average molecular weight is 676 g/mol. The van der Waals surface area contributed by atoms with Crippen LogP contribution < -0.4 is 4.90 Å². The van der Waals surface area contributed by atoms with Gasteiger partial charge in [0.2, 0.25) is 0 Å². The number of para-hydroxylation sites is 3. The monoisotopic (exact) mass is 675 g/mol. The van der Waals surface area contributed by atoms with Crippen molar-refractivity contribution in [2.75, 3.05) is 4.90 Å². The Labute approximate surface area is 306 Å². The molecule has 3 nitrogen and oxygen atoms in total. The van der Waals surface area contributed by atoms with Crippen molar-refractivity contribution in [3.8, 4) is 11.4 Å². The van der Waals surface area contributed by atoms with E-state index in [1.807, 2.05) is 0 Å². The molecule has 0 aliphatic carbocycles. The SMILES string of the molecule is c1ccc(N(c2ccc(-n3c4ccccc4c4c5ccccc5ccc43)cc2)c2ccc(-n3c4ccccc4c4c5ccccc5ccc43)cc2)cc1. The van der Waals surface area contributed by atoms with Crippen molar-refractivity contribution in [1.82, 2.24) is 9.13 Å². The molecule has 0 saturated heterocycles. The molecule has 9 aromatic carbocycles. The predicted octanol–water partition coefficient (Wildman–Crippen LogP) is 13.7. The second-order valence-corrected chi connectivity index (χ2v) is 13.8. The van der Waals surface area contributed by atoms with Gasteiger partial charge in [0.05, 0.1) is 22.1 Å². The number of hydrogen-bond donors (Lipinski definition) is 0. The fraction of sp³-hybridized carbons (Fsp3) is 0. The molecule has 0 aliphatic heterocycles. The minimum atomic E-state index is 1.10. The third kappa shape index (κ3) is 4.54. The summed E-state index contributed by atoms with van der Waals surface area (Å²) in [4.78, 5) is 2.34. The first-order valence-electron chi connectivity index (χ1n) is 18.2. The molecule has 0 saturated carbocycles. The standard InChI is InChI=1S/C50H33N3/c1-2-14-36(15-3-1)51(37-24-28-39(29-25-37)52-45-20-10-8-18-43(45)49-41-16-6-4-12-34(41)22-32-47(49)52)38-26-30-40(31-27-38)53-46-21-11-9-19-44(46)50-42-17-7-5-13-35(42)23-33-48(50)53/h1-33H. The van der Waals surface area contributed by atoms with E-state index in [-0.39, 0.29) is 0 Å². The fourth-order valence-corrected chi connectivity index (χ4v) is 8.56. The first-order chi connectivity index (χ1) is 26.3. The molecule has 248 valence electrons. The molecule has 0 N–H and O–H groups in total. The van der Waals surface area contributed by atoms with Crippen molar-refractivity contribution in [2.24, 2.45) is 0 Å². The number of hydrogen-bond acceptors (Lipinski definition) is 1. The summed E-state index contributed by atoms with van der Waals surface area (Å²) in [6.07, 6.45) is 0. The summed E-state index contributed by atoms with van der Waals surface area (Å²) in [5.74, 6) is 0. The van der Waals surface area contributed by atoms with Gasteiger partial charge < -0.3 is 14.0 Å². The van der Waals surface area contributed by atoms with E-state index in [4.69, 9.17) is 0 Å². The average Bonchev–Trinajstić information content (AvgIpc) is 3.76. The highest BCUT2D eigenvalue weighted by molar-refractivity contribution is 6.22. The third-order valence-corrected chi connectivity index (χ3v) is 10.9. The Morgan fingerprint density at radius 2 is 0.642 bits per heavy atom. The van der Waals surface area contributed by atoms with E-state index < -0.39 is 0 Å². The summed E-state index contributed by atoms with van der Waals surface area (Å²) < 4.78 is 4.80. The summed E-state index contributed by atoms with van der Waals surface area (Å²) in [5.41, 5.74) is 10.4. The van der Waals surface area contributed by atoms with Gasteiger partial charge in [-0.15, -0.1) is 0 Å². The lowest BCUT2D eigenvalue weighted by molar-refractivity contribution is 1.17. The van der Waals surface area contributed by atoms with E-state index in [1.165, 1.54) is 65.2 Å². The number of nitrogens with zero attached hydrogens (tertiary/aromatic N) is 3. The van der Waals surface area contributed by atoms with E-state index in [1.54, 1.807) is 0 Å². The van der Waals surface area contributed by atoms with Crippen molar-refractivity contribution in [3.05, 3.63) is 200 Å². The first-order valence-corrected chi connectivity index (χ1v) is 18.2. The summed E-state index contributed by atoms with van der Waals surface area (Å²) in [6, 6.07) is 72.6. The highest BCUT2D eigenvalue weighted by atomic mass is 15.1. The van der Waals surface area contributed by atoms with Gasteiger partial charge in [-0.3, -0.25) is 0 Å². The van der Waals surface area contributed by atoms with Crippen LogP contribution in [0.2, 0.25) is 0 Å². The molecule has 0 radical (unpaired) electrons. The number of anilines is 3. The molecule has 0 atom stereocenters. The molecular formula is C50H33N3.